The first-order chi connectivity index (χ1) is 20.3. The summed E-state index contributed by atoms with van der Waals surface area (Å²) in [6.07, 6.45) is 1.63. The van der Waals surface area contributed by atoms with Gasteiger partial charge in [-0.1, -0.05) is 84.9 Å². The molecule has 2 rings (SSSR count). The summed E-state index contributed by atoms with van der Waals surface area (Å²) in [5.74, 6) is -2.10. The Balaban J connectivity index is 2.30. The molecule has 9 nitrogen and oxygen atoms in total. The highest BCUT2D eigenvalue weighted by molar-refractivity contribution is 7.83. The van der Waals surface area contributed by atoms with E-state index in [4.69, 9.17) is 5.73 Å². The molecule has 3 amide bonds. The maximum Gasteiger partial charge on any atom is 0.258 e. The third-order valence-corrected chi connectivity index (χ3v) is 8.87. The van der Waals surface area contributed by atoms with E-state index in [-0.39, 0.29) is 33.9 Å². The van der Waals surface area contributed by atoms with Crippen LogP contribution in [0.4, 0.5) is 10.1 Å². The summed E-state index contributed by atoms with van der Waals surface area (Å²) in [4.78, 5) is 42.3. The number of hydrogen-bond donors (Lipinski definition) is 4. The van der Waals surface area contributed by atoms with Crippen LogP contribution in [-0.2, 0) is 30.8 Å². The summed E-state index contributed by atoms with van der Waals surface area (Å²) in [6, 6.07) is 11.3. The molecule has 0 bridgehead atoms. The number of nitrogens with two attached hydrogens (primary N) is 1. The summed E-state index contributed by atoms with van der Waals surface area (Å²) < 4.78 is 28.9. The van der Waals surface area contributed by atoms with Crippen LogP contribution < -0.4 is 21.1 Å². The van der Waals surface area contributed by atoms with Gasteiger partial charge in [0.25, 0.3) is 5.91 Å². The number of carbonyl (C=O) groups is 3. The molecule has 0 saturated carbocycles. The molecule has 44 heavy (non-hydrogen) atoms. The van der Waals surface area contributed by atoms with E-state index in [0.717, 1.165) is 11.6 Å². The van der Waals surface area contributed by atoms with Gasteiger partial charge in [-0.05, 0) is 49.1 Å². The SMILES string of the molecule is CN[C@H](C(=O)NC(C(=O)N(C)[C@H](/C=C(\C)C(=O)NS(=O)c1ccc(N)c(F)c1)C(C)C)C(C)(C)C)C(C)(C)c1ccccc1. The summed E-state index contributed by atoms with van der Waals surface area (Å²) in [6.45, 7) is 15.0. The zero-order valence-electron chi connectivity index (χ0n) is 27.4. The number of benzene rings is 2. The van der Waals surface area contributed by atoms with Crippen LogP contribution in [0.2, 0.25) is 0 Å². The number of hydrogen-bond acceptors (Lipinski definition) is 6. The van der Waals surface area contributed by atoms with Gasteiger partial charge in [0.15, 0.2) is 11.0 Å². The van der Waals surface area contributed by atoms with E-state index in [1.807, 2.05) is 78.8 Å². The number of likely N-dealkylation sites (N-methyl/N-ethyl adjacent to an activating group) is 2. The van der Waals surface area contributed by atoms with Crippen molar-refractivity contribution >= 4 is 34.4 Å². The topological polar surface area (TPSA) is 134 Å². The smallest absolute Gasteiger partial charge is 0.258 e. The third-order valence-electron chi connectivity index (χ3n) is 7.82. The van der Waals surface area contributed by atoms with Gasteiger partial charge in [-0.25, -0.2) is 8.60 Å². The molecule has 5 N–H and O–H groups in total. The minimum absolute atomic E-state index is 0.0598. The molecule has 0 saturated heterocycles. The monoisotopic (exact) mass is 629 g/mol. The van der Waals surface area contributed by atoms with Crippen LogP contribution >= 0.6 is 0 Å². The summed E-state index contributed by atoms with van der Waals surface area (Å²) in [5, 5.41) is 6.15. The second kappa shape index (κ2) is 14.9. The fourth-order valence-corrected chi connectivity index (χ4v) is 5.86. The van der Waals surface area contributed by atoms with Gasteiger partial charge in [0.05, 0.1) is 22.7 Å². The Morgan fingerprint density at radius 3 is 2.09 bits per heavy atom. The lowest BCUT2D eigenvalue weighted by Crippen LogP contribution is -2.61. The molecule has 0 aliphatic rings. The van der Waals surface area contributed by atoms with Crippen LogP contribution in [0.3, 0.4) is 0 Å². The highest BCUT2D eigenvalue weighted by Crippen LogP contribution is 2.29. The van der Waals surface area contributed by atoms with Gasteiger partial charge >= 0.3 is 0 Å². The van der Waals surface area contributed by atoms with E-state index >= 15 is 0 Å². The zero-order chi connectivity index (χ0) is 33.6. The van der Waals surface area contributed by atoms with Crippen LogP contribution in [-0.4, -0.2) is 59.1 Å². The predicted molar refractivity (Wildman–Crippen MR) is 174 cm³/mol. The minimum Gasteiger partial charge on any atom is -0.396 e. The Labute approximate surface area is 263 Å². The van der Waals surface area contributed by atoms with Crippen LogP contribution in [0.15, 0.2) is 65.1 Å². The van der Waals surface area contributed by atoms with Crippen LogP contribution in [0.1, 0.15) is 61.0 Å². The number of nitrogens with zero attached hydrogens (tertiary/aromatic N) is 1. The van der Waals surface area contributed by atoms with Gasteiger partial charge in [-0.15, -0.1) is 0 Å². The molecule has 0 aromatic heterocycles. The average Bonchev–Trinajstić information content (AvgIpc) is 2.95. The normalized spacial score (nSPS) is 15.2. The number of nitrogens with one attached hydrogen (secondary N) is 3. The van der Waals surface area contributed by atoms with Gasteiger partial charge in [0.2, 0.25) is 11.8 Å². The highest BCUT2D eigenvalue weighted by atomic mass is 32.2. The first kappa shape index (κ1) is 36.6. The molecule has 242 valence electrons. The summed E-state index contributed by atoms with van der Waals surface area (Å²) in [7, 11) is 1.34. The van der Waals surface area contributed by atoms with E-state index in [2.05, 4.69) is 15.4 Å². The van der Waals surface area contributed by atoms with Crippen molar-refractivity contribution in [2.75, 3.05) is 19.8 Å². The quantitative estimate of drug-likeness (QED) is 0.207. The van der Waals surface area contributed by atoms with E-state index in [0.29, 0.717) is 0 Å². The Bertz CT molecular complexity index is 1390. The molecule has 0 aliphatic carbocycles. The van der Waals surface area contributed by atoms with Crippen molar-refractivity contribution in [3.63, 3.8) is 0 Å². The Morgan fingerprint density at radius 1 is 1.00 bits per heavy atom. The van der Waals surface area contributed by atoms with Crippen molar-refractivity contribution in [2.24, 2.45) is 11.3 Å². The van der Waals surface area contributed by atoms with Crippen LogP contribution in [0.5, 0.6) is 0 Å². The molecular formula is C33H48FN5O4S. The van der Waals surface area contributed by atoms with Crippen molar-refractivity contribution in [2.45, 2.75) is 83.8 Å². The minimum atomic E-state index is -2.02. The molecule has 2 unspecified atom stereocenters. The maximum atomic E-state index is 14.0. The highest BCUT2D eigenvalue weighted by Gasteiger charge is 2.41. The average molecular weight is 630 g/mol. The molecule has 2 aromatic rings. The van der Waals surface area contributed by atoms with Gasteiger partial charge in [0, 0.05) is 18.0 Å². The Morgan fingerprint density at radius 2 is 1.59 bits per heavy atom. The number of halogens is 1. The molecular weight excluding hydrogens is 581 g/mol. The molecule has 0 heterocycles. The second-order valence-corrected chi connectivity index (χ2v) is 14.2. The molecule has 11 heteroatoms. The van der Waals surface area contributed by atoms with E-state index in [1.54, 1.807) is 27.1 Å². The lowest BCUT2D eigenvalue weighted by molar-refractivity contribution is -0.140. The molecule has 2 aromatic carbocycles. The van der Waals surface area contributed by atoms with Gasteiger partial charge in [0.1, 0.15) is 11.9 Å². The summed E-state index contributed by atoms with van der Waals surface area (Å²) >= 11 is 0. The molecule has 4 atom stereocenters. The third kappa shape index (κ3) is 8.98. The molecule has 0 spiro atoms. The van der Waals surface area contributed by atoms with Crippen LogP contribution in [0, 0.1) is 17.2 Å². The lowest BCUT2D eigenvalue weighted by Gasteiger charge is -2.40. The van der Waals surface area contributed by atoms with Crippen LogP contribution in [0.25, 0.3) is 0 Å². The number of rotatable bonds is 12. The van der Waals surface area contributed by atoms with Gasteiger partial charge < -0.3 is 21.3 Å². The number of amides is 3. The van der Waals surface area contributed by atoms with Crippen molar-refractivity contribution in [1.29, 1.82) is 0 Å². The van der Waals surface area contributed by atoms with Crippen molar-refractivity contribution < 1.29 is 23.0 Å². The van der Waals surface area contributed by atoms with Gasteiger partial charge in [-0.2, -0.15) is 0 Å². The first-order valence-electron chi connectivity index (χ1n) is 14.6. The molecule has 0 radical (unpaired) electrons. The number of carbonyl (C=O) groups excluding carboxylic acids is 3. The van der Waals surface area contributed by atoms with E-state index < -0.39 is 51.7 Å². The molecule has 0 fully saturated rings. The Kier molecular flexibility index (Phi) is 12.4. The zero-order valence-corrected chi connectivity index (χ0v) is 28.3. The summed E-state index contributed by atoms with van der Waals surface area (Å²) in [5.41, 5.74) is 5.38. The fraction of sp³-hybridized carbons (Fsp3) is 0.485. The van der Waals surface area contributed by atoms with E-state index in [9.17, 15) is 23.0 Å². The number of nitrogen functional groups attached to an aromatic ring is 1. The molecule has 0 aliphatic heterocycles. The van der Waals surface area contributed by atoms with Crippen molar-refractivity contribution in [3.05, 3.63) is 71.6 Å². The Hall–Kier alpha value is -3.57. The lowest BCUT2D eigenvalue weighted by atomic mass is 9.76. The first-order valence-corrected chi connectivity index (χ1v) is 15.7. The van der Waals surface area contributed by atoms with Crippen molar-refractivity contribution in [3.8, 4) is 0 Å². The van der Waals surface area contributed by atoms with Crippen molar-refractivity contribution in [1.82, 2.24) is 20.3 Å². The predicted octanol–water partition coefficient (Wildman–Crippen LogP) is 4.07. The van der Waals surface area contributed by atoms with Gasteiger partial charge in [-0.3, -0.25) is 19.1 Å². The van der Waals surface area contributed by atoms with E-state index in [1.165, 1.54) is 17.0 Å². The second-order valence-electron chi connectivity index (χ2n) is 13.0. The largest absolute Gasteiger partial charge is 0.396 e. The number of anilines is 1. The maximum absolute atomic E-state index is 14.0. The fourth-order valence-electron chi connectivity index (χ4n) is 5.01. The standard InChI is InChI=1S/C33H48FN5O4S/c1-20(2)26(18-21(3)29(40)38-44(43)23-16-17-25(35)24(34)19-23)39(10)31(42)28(32(4,5)6)37-30(41)27(36-9)33(7,8)22-14-12-11-13-15-22/h11-20,26-28,36H,35H2,1-10H3,(H,37,41)(H,38,40)/b21-18+/t26-,27-,28?,44?/m1/s1.